The van der Waals surface area contributed by atoms with Gasteiger partial charge in [-0.05, 0) is 0 Å². The van der Waals surface area contributed by atoms with Crippen molar-refractivity contribution in [3.63, 3.8) is 0 Å². The van der Waals surface area contributed by atoms with E-state index in [9.17, 15) is 0 Å². The molecule has 0 bridgehead atoms. The van der Waals surface area contributed by atoms with Gasteiger partial charge < -0.3 is 9.47 Å². The standard InChI is InChI=1S/C8H18N2O2/c1-11-8-9-2-3-10-4-6-12-7-5-10/h9H,2-8H2,1H3. The van der Waals surface area contributed by atoms with Gasteiger partial charge in [0.2, 0.25) is 0 Å². The van der Waals surface area contributed by atoms with Gasteiger partial charge in [0, 0.05) is 33.3 Å². The molecule has 0 spiro atoms. The Balaban J connectivity index is 1.91. The fraction of sp³-hybridized carbons (Fsp3) is 1.00. The van der Waals surface area contributed by atoms with Crippen LogP contribution >= 0.6 is 0 Å². The lowest BCUT2D eigenvalue weighted by Crippen LogP contribution is -2.40. The number of morpholine rings is 1. The molecule has 1 fully saturated rings. The van der Waals surface area contributed by atoms with E-state index in [1.54, 1.807) is 7.11 Å². The molecule has 1 aliphatic heterocycles. The quantitative estimate of drug-likeness (QED) is 0.450. The van der Waals surface area contributed by atoms with Crippen LogP contribution in [0.5, 0.6) is 0 Å². The van der Waals surface area contributed by atoms with Crippen LogP contribution < -0.4 is 5.32 Å². The molecule has 1 saturated heterocycles. The molecule has 1 heterocycles. The molecule has 1 N–H and O–H groups in total. The number of hydrogen-bond donors (Lipinski definition) is 1. The lowest BCUT2D eigenvalue weighted by Gasteiger charge is -2.26. The molecular weight excluding hydrogens is 156 g/mol. The first kappa shape index (κ1) is 9.92. The Labute approximate surface area is 73.8 Å². The Morgan fingerprint density at radius 2 is 2.17 bits per heavy atom. The van der Waals surface area contributed by atoms with Gasteiger partial charge in [-0.15, -0.1) is 0 Å². The Hall–Kier alpha value is -0.160. The van der Waals surface area contributed by atoms with Crippen LogP contribution in [-0.2, 0) is 9.47 Å². The first-order valence-corrected chi connectivity index (χ1v) is 4.43. The lowest BCUT2D eigenvalue weighted by molar-refractivity contribution is 0.0372. The third-order valence-corrected chi connectivity index (χ3v) is 1.95. The topological polar surface area (TPSA) is 33.7 Å². The third-order valence-electron chi connectivity index (χ3n) is 1.95. The third kappa shape index (κ3) is 4.01. The van der Waals surface area contributed by atoms with E-state index in [-0.39, 0.29) is 0 Å². The second-order valence-corrected chi connectivity index (χ2v) is 2.89. The van der Waals surface area contributed by atoms with Crippen LogP contribution in [-0.4, -0.2) is 58.1 Å². The Kier molecular flexibility index (Phi) is 5.27. The number of hydrogen-bond acceptors (Lipinski definition) is 4. The highest BCUT2D eigenvalue weighted by atomic mass is 16.5. The van der Waals surface area contributed by atoms with E-state index in [2.05, 4.69) is 10.2 Å². The van der Waals surface area contributed by atoms with Crippen LogP contribution in [0.15, 0.2) is 0 Å². The van der Waals surface area contributed by atoms with E-state index >= 15 is 0 Å². The Bertz CT molecular complexity index is 105. The predicted octanol–water partition coefficient (Wildman–Crippen LogP) is -0.488. The maximum absolute atomic E-state index is 5.24. The van der Waals surface area contributed by atoms with Gasteiger partial charge in [-0.2, -0.15) is 0 Å². The molecule has 0 aliphatic carbocycles. The molecule has 0 atom stereocenters. The fourth-order valence-electron chi connectivity index (χ4n) is 1.24. The van der Waals surface area contributed by atoms with E-state index < -0.39 is 0 Å². The maximum atomic E-state index is 5.24. The molecule has 0 saturated carbocycles. The zero-order chi connectivity index (χ0) is 8.65. The second kappa shape index (κ2) is 6.37. The van der Waals surface area contributed by atoms with Gasteiger partial charge in [0.05, 0.1) is 19.9 Å². The van der Waals surface area contributed by atoms with Crippen molar-refractivity contribution in [3.05, 3.63) is 0 Å². The molecule has 0 aromatic carbocycles. The first-order chi connectivity index (χ1) is 5.93. The van der Waals surface area contributed by atoms with Crippen LogP contribution in [0.25, 0.3) is 0 Å². The molecule has 1 rings (SSSR count). The largest absolute Gasteiger partial charge is 0.379 e. The highest BCUT2D eigenvalue weighted by molar-refractivity contribution is 4.62. The highest BCUT2D eigenvalue weighted by Crippen LogP contribution is 1.94. The van der Waals surface area contributed by atoms with Crippen molar-refractivity contribution in [2.45, 2.75) is 0 Å². The molecule has 0 radical (unpaired) electrons. The molecule has 0 amide bonds. The van der Waals surface area contributed by atoms with Gasteiger partial charge in [0.25, 0.3) is 0 Å². The Morgan fingerprint density at radius 3 is 2.83 bits per heavy atom. The second-order valence-electron chi connectivity index (χ2n) is 2.89. The van der Waals surface area contributed by atoms with Gasteiger partial charge in [-0.25, -0.2) is 0 Å². The van der Waals surface area contributed by atoms with E-state index in [0.29, 0.717) is 6.73 Å². The summed E-state index contributed by atoms with van der Waals surface area (Å²) in [5, 5.41) is 3.18. The van der Waals surface area contributed by atoms with Crippen LogP contribution in [0.2, 0.25) is 0 Å². The predicted molar refractivity (Wildman–Crippen MR) is 47.1 cm³/mol. The van der Waals surface area contributed by atoms with Crippen molar-refractivity contribution >= 4 is 0 Å². The summed E-state index contributed by atoms with van der Waals surface area (Å²) in [7, 11) is 1.70. The summed E-state index contributed by atoms with van der Waals surface area (Å²) in [6, 6.07) is 0. The fourth-order valence-corrected chi connectivity index (χ4v) is 1.24. The number of nitrogens with zero attached hydrogens (tertiary/aromatic N) is 1. The van der Waals surface area contributed by atoms with Crippen LogP contribution in [0.1, 0.15) is 0 Å². The van der Waals surface area contributed by atoms with Gasteiger partial charge in [0.15, 0.2) is 0 Å². The average molecular weight is 174 g/mol. The van der Waals surface area contributed by atoms with Gasteiger partial charge in [-0.1, -0.05) is 0 Å². The van der Waals surface area contributed by atoms with Crippen LogP contribution in [0.3, 0.4) is 0 Å². The minimum Gasteiger partial charge on any atom is -0.379 e. The summed E-state index contributed by atoms with van der Waals surface area (Å²) in [5.74, 6) is 0. The number of rotatable bonds is 5. The van der Waals surface area contributed by atoms with Crippen molar-refractivity contribution in [3.8, 4) is 0 Å². The Morgan fingerprint density at radius 1 is 1.42 bits per heavy atom. The average Bonchev–Trinajstić information content (AvgIpc) is 2.14. The molecule has 0 aromatic rings. The number of methoxy groups -OCH3 is 1. The van der Waals surface area contributed by atoms with Crippen molar-refractivity contribution in [2.24, 2.45) is 0 Å². The molecular formula is C8H18N2O2. The number of nitrogens with one attached hydrogen (secondary N) is 1. The maximum Gasteiger partial charge on any atom is 0.0961 e. The zero-order valence-corrected chi connectivity index (χ0v) is 7.71. The summed E-state index contributed by atoms with van der Waals surface area (Å²) in [6.07, 6.45) is 0. The van der Waals surface area contributed by atoms with Gasteiger partial charge in [0.1, 0.15) is 0 Å². The molecule has 0 aromatic heterocycles. The minimum atomic E-state index is 0.643. The lowest BCUT2D eigenvalue weighted by atomic mass is 10.4. The molecule has 72 valence electrons. The van der Waals surface area contributed by atoms with E-state index in [0.717, 1.165) is 39.4 Å². The van der Waals surface area contributed by atoms with E-state index in [1.807, 2.05) is 0 Å². The zero-order valence-electron chi connectivity index (χ0n) is 7.71. The van der Waals surface area contributed by atoms with Crippen molar-refractivity contribution in [1.82, 2.24) is 10.2 Å². The summed E-state index contributed by atoms with van der Waals surface area (Å²) in [4.78, 5) is 2.40. The smallest absolute Gasteiger partial charge is 0.0961 e. The van der Waals surface area contributed by atoms with Crippen LogP contribution in [0.4, 0.5) is 0 Å². The summed E-state index contributed by atoms with van der Waals surface area (Å²) >= 11 is 0. The van der Waals surface area contributed by atoms with Gasteiger partial charge in [-0.3, -0.25) is 10.2 Å². The molecule has 1 aliphatic rings. The van der Waals surface area contributed by atoms with Crippen molar-refractivity contribution in [1.29, 1.82) is 0 Å². The van der Waals surface area contributed by atoms with Crippen molar-refractivity contribution < 1.29 is 9.47 Å². The summed E-state index contributed by atoms with van der Waals surface area (Å²) in [6.45, 7) is 6.61. The monoisotopic (exact) mass is 174 g/mol. The summed E-state index contributed by atoms with van der Waals surface area (Å²) in [5.41, 5.74) is 0. The van der Waals surface area contributed by atoms with E-state index in [1.165, 1.54) is 0 Å². The highest BCUT2D eigenvalue weighted by Gasteiger charge is 2.08. The molecule has 12 heavy (non-hydrogen) atoms. The van der Waals surface area contributed by atoms with Gasteiger partial charge >= 0.3 is 0 Å². The summed E-state index contributed by atoms with van der Waals surface area (Å²) < 4.78 is 10.1. The SMILES string of the molecule is COCNCCN1CCOCC1. The van der Waals surface area contributed by atoms with Crippen molar-refractivity contribution in [2.75, 3.05) is 53.2 Å². The normalized spacial score (nSPS) is 19.8. The molecule has 4 heteroatoms. The molecule has 4 nitrogen and oxygen atoms in total. The minimum absolute atomic E-state index is 0.643. The van der Waals surface area contributed by atoms with Crippen LogP contribution in [0, 0.1) is 0 Å². The van der Waals surface area contributed by atoms with E-state index in [4.69, 9.17) is 9.47 Å². The molecule has 0 unspecified atom stereocenters. The number of ether oxygens (including phenoxy) is 2. The first-order valence-electron chi connectivity index (χ1n) is 4.43.